The van der Waals surface area contributed by atoms with Gasteiger partial charge < -0.3 is 5.32 Å². The molecule has 0 aromatic carbocycles. The Balaban J connectivity index is 2.06. The zero-order chi connectivity index (χ0) is 10.6. The molecule has 1 aromatic rings. The van der Waals surface area contributed by atoms with E-state index in [-0.39, 0.29) is 5.78 Å². The van der Waals surface area contributed by atoms with Crippen LogP contribution in [-0.2, 0) is 13.1 Å². The second kappa shape index (κ2) is 3.04. The number of nitrogens with one attached hydrogen (secondary N) is 1. The van der Waals surface area contributed by atoms with Crippen LogP contribution in [-0.4, -0.2) is 21.1 Å². The maximum atomic E-state index is 11.5. The highest BCUT2D eigenvalue weighted by molar-refractivity contribution is 14.1. The first kappa shape index (κ1) is 9.77. The molecular weight excluding hydrogens is 305 g/mol. The van der Waals surface area contributed by atoms with Gasteiger partial charge in [0.05, 0.1) is 17.8 Å². The van der Waals surface area contributed by atoms with Gasteiger partial charge in [0.1, 0.15) is 3.70 Å². The molecule has 3 rings (SSSR count). The SMILES string of the molecule is CC(=O)c1c(I)nn2c1CNC1(CC1)C2. The number of rotatable bonds is 1. The number of carbonyl (C=O) groups is 1. The maximum absolute atomic E-state index is 11.5. The lowest BCUT2D eigenvalue weighted by Gasteiger charge is -2.24. The van der Waals surface area contributed by atoms with Gasteiger partial charge in [-0.15, -0.1) is 0 Å². The average Bonchev–Trinajstić information content (AvgIpc) is 2.80. The second-order valence-corrected chi connectivity index (χ2v) is 5.48. The van der Waals surface area contributed by atoms with E-state index in [0.29, 0.717) is 5.54 Å². The summed E-state index contributed by atoms with van der Waals surface area (Å²) < 4.78 is 2.86. The van der Waals surface area contributed by atoms with E-state index in [2.05, 4.69) is 33.0 Å². The average molecular weight is 317 g/mol. The van der Waals surface area contributed by atoms with Crippen molar-refractivity contribution in [2.75, 3.05) is 0 Å². The molecule has 80 valence electrons. The molecule has 1 aliphatic heterocycles. The van der Waals surface area contributed by atoms with E-state index in [1.54, 1.807) is 6.92 Å². The first-order valence-corrected chi connectivity index (χ1v) is 6.20. The monoisotopic (exact) mass is 317 g/mol. The molecule has 1 aliphatic carbocycles. The minimum Gasteiger partial charge on any atom is -0.304 e. The van der Waals surface area contributed by atoms with Crippen molar-refractivity contribution >= 4 is 28.4 Å². The number of hydrogen-bond donors (Lipinski definition) is 1. The third kappa shape index (κ3) is 1.44. The van der Waals surface area contributed by atoms with E-state index in [9.17, 15) is 4.79 Å². The van der Waals surface area contributed by atoms with Gasteiger partial charge in [-0.1, -0.05) is 0 Å². The molecule has 0 bridgehead atoms. The Morgan fingerprint density at radius 1 is 1.60 bits per heavy atom. The van der Waals surface area contributed by atoms with Gasteiger partial charge >= 0.3 is 0 Å². The van der Waals surface area contributed by atoms with Crippen molar-refractivity contribution in [2.24, 2.45) is 0 Å². The molecule has 15 heavy (non-hydrogen) atoms. The van der Waals surface area contributed by atoms with Crippen LogP contribution in [0.1, 0.15) is 35.8 Å². The summed E-state index contributed by atoms with van der Waals surface area (Å²) in [5, 5.41) is 7.97. The van der Waals surface area contributed by atoms with Crippen LogP contribution < -0.4 is 5.32 Å². The summed E-state index contributed by atoms with van der Waals surface area (Å²) in [5.41, 5.74) is 2.17. The lowest BCUT2D eigenvalue weighted by atomic mass is 10.1. The van der Waals surface area contributed by atoms with E-state index in [0.717, 1.165) is 28.0 Å². The molecule has 2 heterocycles. The zero-order valence-corrected chi connectivity index (χ0v) is 10.7. The number of hydrogen-bond acceptors (Lipinski definition) is 3. The zero-order valence-electron chi connectivity index (χ0n) is 8.51. The lowest BCUT2D eigenvalue weighted by Crippen LogP contribution is -2.41. The summed E-state index contributed by atoms with van der Waals surface area (Å²) in [6.07, 6.45) is 2.47. The molecule has 0 atom stereocenters. The van der Waals surface area contributed by atoms with E-state index in [1.807, 2.05) is 4.68 Å². The van der Waals surface area contributed by atoms with Crippen molar-refractivity contribution < 1.29 is 4.79 Å². The van der Waals surface area contributed by atoms with Gasteiger partial charge in [-0.3, -0.25) is 9.48 Å². The highest BCUT2D eigenvalue weighted by Crippen LogP contribution is 2.40. The molecule has 1 N–H and O–H groups in total. The predicted octanol–water partition coefficient (Wildman–Crippen LogP) is 1.33. The molecule has 0 saturated heterocycles. The van der Waals surface area contributed by atoms with Crippen LogP contribution in [0.4, 0.5) is 0 Å². The van der Waals surface area contributed by atoms with Crippen LogP contribution in [0.25, 0.3) is 0 Å². The molecule has 1 saturated carbocycles. The van der Waals surface area contributed by atoms with Gasteiger partial charge in [0.2, 0.25) is 0 Å². The molecule has 1 spiro atoms. The highest BCUT2D eigenvalue weighted by Gasteiger charge is 2.46. The fourth-order valence-electron chi connectivity index (χ4n) is 2.22. The number of carbonyl (C=O) groups excluding carboxylic acids is 1. The van der Waals surface area contributed by atoms with Gasteiger partial charge in [-0.25, -0.2) is 0 Å². The van der Waals surface area contributed by atoms with E-state index >= 15 is 0 Å². The molecular formula is C10H12IN3O. The Kier molecular flexibility index (Phi) is 1.98. The Labute approximate surface area is 102 Å². The van der Waals surface area contributed by atoms with E-state index in [1.165, 1.54) is 12.8 Å². The standard InChI is InChI=1S/C10H12IN3O/c1-6(15)8-7-4-12-10(2-3-10)5-14(7)13-9(8)11/h12H,2-5H2,1H3. The largest absolute Gasteiger partial charge is 0.304 e. The minimum atomic E-state index is 0.120. The highest BCUT2D eigenvalue weighted by atomic mass is 127. The molecule has 2 aliphatic rings. The quantitative estimate of drug-likeness (QED) is 0.628. The smallest absolute Gasteiger partial charge is 0.164 e. The summed E-state index contributed by atoms with van der Waals surface area (Å²) >= 11 is 2.15. The number of halogens is 1. The Morgan fingerprint density at radius 2 is 2.33 bits per heavy atom. The molecule has 5 heteroatoms. The molecule has 1 aromatic heterocycles. The van der Waals surface area contributed by atoms with Gasteiger partial charge in [-0.2, -0.15) is 5.10 Å². The van der Waals surface area contributed by atoms with Crippen LogP contribution >= 0.6 is 22.6 Å². The number of Topliss-reactive ketones (excluding diaryl/α,β-unsaturated/α-hetero) is 1. The molecule has 4 nitrogen and oxygen atoms in total. The third-order valence-corrected chi connectivity index (χ3v) is 4.06. The van der Waals surface area contributed by atoms with Crippen LogP contribution in [0.5, 0.6) is 0 Å². The lowest BCUT2D eigenvalue weighted by molar-refractivity contribution is 0.101. The van der Waals surface area contributed by atoms with Gasteiger partial charge in [0.15, 0.2) is 5.78 Å². The van der Waals surface area contributed by atoms with Crippen LogP contribution in [0.15, 0.2) is 0 Å². The van der Waals surface area contributed by atoms with Crippen molar-refractivity contribution in [1.29, 1.82) is 0 Å². The second-order valence-electron chi connectivity index (χ2n) is 4.46. The Bertz CT molecular complexity index is 448. The molecule has 0 radical (unpaired) electrons. The number of nitrogens with zero attached hydrogens (tertiary/aromatic N) is 2. The summed E-state index contributed by atoms with van der Waals surface area (Å²) in [6, 6.07) is 0. The van der Waals surface area contributed by atoms with Crippen molar-refractivity contribution in [2.45, 2.75) is 38.4 Å². The van der Waals surface area contributed by atoms with Gasteiger partial charge in [0.25, 0.3) is 0 Å². The van der Waals surface area contributed by atoms with Crippen molar-refractivity contribution in [3.8, 4) is 0 Å². The maximum Gasteiger partial charge on any atom is 0.164 e. The Morgan fingerprint density at radius 3 is 2.93 bits per heavy atom. The first-order valence-electron chi connectivity index (χ1n) is 5.12. The molecule has 1 fully saturated rings. The third-order valence-electron chi connectivity index (χ3n) is 3.30. The number of fused-ring (bicyclic) bond motifs is 1. The normalized spacial score (nSPS) is 21.5. The number of ketones is 1. The van der Waals surface area contributed by atoms with Crippen LogP contribution in [0.3, 0.4) is 0 Å². The summed E-state index contributed by atoms with van der Waals surface area (Å²) in [4.78, 5) is 11.5. The van der Waals surface area contributed by atoms with E-state index in [4.69, 9.17) is 0 Å². The molecule has 0 unspecified atom stereocenters. The number of aromatic nitrogens is 2. The van der Waals surface area contributed by atoms with Gasteiger partial charge in [-0.05, 0) is 42.4 Å². The fourth-order valence-corrected chi connectivity index (χ4v) is 3.17. The predicted molar refractivity (Wildman–Crippen MR) is 63.8 cm³/mol. The first-order chi connectivity index (χ1) is 7.11. The van der Waals surface area contributed by atoms with Crippen molar-refractivity contribution in [1.82, 2.24) is 15.1 Å². The summed E-state index contributed by atoms with van der Waals surface area (Å²) in [6.45, 7) is 3.32. The van der Waals surface area contributed by atoms with Crippen molar-refractivity contribution in [3.05, 3.63) is 15.0 Å². The molecule has 0 amide bonds. The van der Waals surface area contributed by atoms with Crippen LogP contribution in [0.2, 0.25) is 0 Å². The van der Waals surface area contributed by atoms with Crippen LogP contribution in [0, 0.1) is 3.70 Å². The topological polar surface area (TPSA) is 46.9 Å². The summed E-state index contributed by atoms with van der Waals surface area (Å²) in [7, 11) is 0. The minimum absolute atomic E-state index is 0.120. The van der Waals surface area contributed by atoms with Gasteiger partial charge in [0, 0.05) is 12.1 Å². The van der Waals surface area contributed by atoms with Crippen molar-refractivity contribution in [3.63, 3.8) is 0 Å². The van der Waals surface area contributed by atoms with E-state index < -0.39 is 0 Å². The Hall–Kier alpha value is -0.430. The fraction of sp³-hybridized carbons (Fsp3) is 0.600. The summed E-state index contributed by atoms with van der Waals surface area (Å²) in [5.74, 6) is 0.120.